The number of carbonyl (C=O) groups is 2. The molecule has 0 saturated carbocycles. The molecule has 104 valence electrons. The largest absolute Gasteiger partial charge is 0.465 e. The molecule has 1 amide bonds. The van der Waals surface area contributed by atoms with Gasteiger partial charge in [0.1, 0.15) is 0 Å². The highest BCUT2D eigenvalue weighted by atomic mass is 16.5. The van der Waals surface area contributed by atoms with Crippen LogP contribution in [0.15, 0.2) is 24.3 Å². The Hall–Kier alpha value is -1.88. The molecule has 3 N–H and O–H groups in total. The van der Waals surface area contributed by atoms with Gasteiger partial charge in [0, 0.05) is 12.2 Å². The molecule has 0 saturated heterocycles. The summed E-state index contributed by atoms with van der Waals surface area (Å²) in [6, 6.07) is 6.62. The van der Waals surface area contributed by atoms with E-state index in [9.17, 15) is 9.59 Å². The first kappa shape index (κ1) is 15.2. The van der Waals surface area contributed by atoms with Gasteiger partial charge in [-0.3, -0.25) is 4.79 Å². The van der Waals surface area contributed by atoms with Crippen LogP contribution in [-0.4, -0.2) is 25.5 Å². The summed E-state index contributed by atoms with van der Waals surface area (Å²) in [6.07, 6.45) is 0.645. The molecule has 1 aromatic carbocycles. The second-order valence-electron chi connectivity index (χ2n) is 4.64. The molecule has 0 heterocycles. The molecule has 0 radical (unpaired) electrons. The zero-order valence-electron chi connectivity index (χ0n) is 11.5. The van der Waals surface area contributed by atoms with E-state index < -0.39 is 11.4 Å². The number of hydrogen-bond donors (Lipinski definition) is 2. The summed E-state index contributed by atoms with van der Waals surface area (Å²) >= 11 is 0. The number of benzene rings is 1. The van der Waals surface area contributed by atoms with Gasteiger partial charge in [-0.25, -0.2) is 4.79 Å². The number of esters is 1. The van der Waals surface area contributed by atoms with Crippen molar-refractivity contribution in [2.45, 2.75) is 20.3 Å². The molecule has 5 heteroatoms. The maximum atomic E-state index is 12.1. The quantitative estimate of drug-likeness (QED) is 0.794. The minimum absolute atomic E-state index is 0.153. The van der Waals surface area contributed by atoms with Gasteiger partial charge in [0.05, 0.1) is 18.1 Å². The second kappa shape index (κ2) is 6.33. The minimum Gasteiger partial charge on any atom is -0.465 e. The van der Waals surface area contributed by atoms with Gasteiger partial charge in [-0.2, -0.15) is 0 Å². The van der Waals surface area contributed by atoms with Crippen molar-refractivity contribution < 1.29 is 14.3 Å². The van der Waals surface area contributed by atoms with E-state index in [0.29, 0.717) is 17.7 Å². The minimum atomic E-state index is -0.610. The van der Waals surface area contributed by atoms with Crippen LogP contribution in [0.3, 0.4) is 0 Å². The van der Waals surface area contributed by atoms with Crippen molar-refractivity contribution in [1.29, 1.82) is 0 Å². The van der Waals surface area contributed by atoms with Crippen LogP contribution in [0.4, 0.5) is 5.69 Å². The van der Waals surface area contributed by atoms with Crippen molar-refractivity contribution >= 4 is 17.6 Å². The standard InChI is InChI=1S/C14H20N2O3/c1-4-14(2,9-15)13(18)16-11-7-5-6-10(8-11)12(17)19-3/h5-8H,4,9,15H2,1-3H3,(H,16,18). The summed E-state index contributed by atoms with van der Waals surface area (Å²) in [7, 11) is 1.32. The van der Waals surface area contributed by atoms with Gasteiger partial charge in [0.25, 0.3) is 0 Å². The Labute approximate surface area is 113 Å². The third kappa shape index (κ3) is 3.54. The van der Waals surface area contributed by atoms with E-state index in [-0.39, 0.29) is 12.5 Å². The number of nitrogens with one attached hydrogen (secondary N) is 1. The van der Waals surface area contributed by atoms with E-state index >= 15 is 0 Å². The van der Waals surface area contributed by atoms with Crippen LogP contribution in [0.2, 0.25) is 0 Å². The molecular formula is C14H20N2O3. The van der Waals surface area contributed by atoms with Gasteiger partial charge in [-0.15, -0.1) is 0 Å². The predicted molar refractivity (Wildman–Crippen MR) is 73.9 cm³/mol. The Morgan fingerprint density at radius 2 is 2.11 bits per heavy atom. The third-order valence-electron chi connectivity index (χ3n) is 3.32. The topological polar surface area (TPSA) is 81.4 Å². The molecule has 19 heavy (non-hydrogen) atoms. The fraction of sp³-hybridized carbons (Fsp3) is 0.429. The maximum absolute atomic E-state index is 12.1. The lowest BCUT2D eigenvalue weighted by Gasteiger charge is -2.25. The van der Waals surface area contributed by atoms with E-state index in [2.05, 4.69) is 10.1 Å². The molecule has 1 rings (SSSR count). The fourth-order valence-electron chi connectivity index (χ4n) is 1.52. The van der Waals surface area contributed by atoms with Crippen LogP contribution >= 0.6 is 0 Å². The maximum Gasteiger partial charge on any atom is 0.337 e. The Morgan fingerprint density at radius 3 is 2.63 bits per heavy atom. The Bertz CT molecular complexity index is 468. The van der Waals surface area contributed by atoms with Crippen LogP contribution < -0.4 is 11.1 Å². The summed E-state index contributed by atoms with van der Waals surface area (Å²) in [5.41, 5.74) is 5.98. The number of carbonyl (C=O) groups excluding carboxylic acids is 2. The summed E-state index contributed by atoms with van der Waals surface area (Å²) in [5.74, 6) is -0.590. The van der Waals surface area contributed by atoms with E-state index in [4.69, 9.17) is 5.73 Å². The number of hydrogen-bond acceptors (Lipinski definition) is 4. The van der Waals surface area contributed by atoms with Crippen LogP contribution in [0.25, 0.3) is 0 Å². The lowest BCUT2D eigenvalue weighted by Crippen LogP contribution is -2.39. The molecule has 0 aliphatic carbocycles. The van der Waals surface area contributed by atoms with Crippen LogP contribution in [-0.2, 0) is 9.53 Å². The van der Waals surface area contributed by atoms with E-state index in [1.165, 1.54) is 7.11 Å². The van der Waals surface area contributed by atoms with Gasteiger partial charge < -0.3 is 15.8 Å². The van der Waals surface area contributed by atoms with Gasteiger partial charge in [0.15, 0.2) is 0 Å². The molecule has 1 aromatic rings. The average Bonchev–Trinajstić information content (AvgIpc) is 2.45. The van der Waals surface area contributed by atoms with Crippen molar-refractivity contribution in [3.63, 3.8) is 0 Å². The molecule has 0 aliphatic rings. The zero-order chi connectivity index (χ0) is 14.5. The monoisotopic (exact) mass is 264 g/mol. The first-order chi connectivity index (χ1) is 8.96. The molecule has 0 aliphatic heterocycles. The number of nitrogens with two attached hydrogens (primary N) is 1. The second-order valence-corrected chi connectivity index (χ2v) is 4.64. The first-order valence-electron chi connectivity index (χ1n) is 6.16. The van der Waals surface area contributed by atoms with Crippen molar-refractivity contribution in [2.75, 3.05) is 19.0 Å². The van der Waals surface area contributed by atoms with Gasteiger partial charge in [-0.05, 0) is 31.5 Å². The number of rotatable bonds is 5. The Balaban J connectivity index is 2.88. The summed E-state index contributed by atoms with van der Waals surface area (Å²) in [4.78, 5) is 23.5. The van der Waals surface area contributed by atoms with Crippen LogP contribution in [0, 0.1) is 5.41 Å². The van der Waals surface area contributed by atoms with Gasteiger partial charge in [-0.1, -0.05) is 13.0 Å². The SMILES string of the molecule is CCC(C)(CN)C(=O)Nc1cccc(C(=O)OC)c1. The highest BCUT2D eigenvalue weighted by molar-refractivity contribution is 5.97. The predicted octanol–water partition coefficient (Wildman–Crippen LogP) is 1.79. The Kier molecular flexibility index (Phi) is 5.06. The number of anilines is 1. The summed E-state index contributed by atoms with van der Waals surface area (Å²) < 4.78 is 4.63. The van der Waals surface area contributed by atoms with Crippen molar-refractivity contribution in [1.82, 2.24) is 0 Å². The lowest BCUT2D eigenvalue weighted by molar-refractivity contribution is -0.124. The highest BCUT2D eigenvalue weighted by Crippen LogP contribution is 2.22. The molecular weight excluding hydrogens is 244 g/mol. The molecule has 1 atom stereocenters. The summed E-state index contributed by atoms with van der Waals surface area (Å²) in [6.45, 7) is 4.00. The fourth-order valence-corrected chi connectivity index (χ4v) is 1.52. The highest BCUT2D eigenvalue weighted by Gasteiger charge is 2.29. The van der Waals surface area contributed by atoms with Crippen molar-refractivity contribution in [3.05, 3.63) is 29.8 Å². The van der Waals surface area contributed by atoms with Crippen molar-refractivity contribution in [2.24, 2.45) is 11.1 Å². The van der Waals surface area contributed by atoms with Crippen LogP contribution in [0.5, 0.6) is 0 Å². The number of ether oxygens (including phenoxy) is 1. The molecule has 1 unspecified atom stereocenters. The normalized spacial score (nSPS) is 13.5. The third-order valence-corrected chi connectivity index (χ3v) is 3.32. The van der Waals surface area contributed by atoms with Crippen LogP contribution in [0.1, 0.15) is 30.6 Å². The van der Waals surface area contributed by atoms with E-state index in [1.807, 2.05) is 13.8 Å². The number of methoxy groups -OCH3 is 1. The average molecular weight is 264 g/mol. The molecule has 5 nitrogen and oxygen atoms in total. The van der Waals surface area contributed by atoms with Gasteiger partial charge in [0.2, 0.25) is 5.91 Å². The summed E-state index contributed by atoms with van der Waals surface area (Å²) in [5, 5.41) is 2.78. The molecule has 0 aromatic heterocycles. The number of amides is 1. The molecule has 0 spiro atoms. The molecule has 0 bridgehead atoms. The Morgan fingerprint density at radius 1 is 1.42 bits per heavy atom. The molecule has 0 fully saturated rings. The zero-order valence-corrected chi connectivity index (χ0v) is 11.5. The van der Waals surface area contributed by atoms with E-state index in [0.717, 1.165) is 0 Å². The lowest BCUT2D eigenvalue weighted by atomic mass is 9.86. The van der Waals surface area contributed by atoms with Crippen molar-refractivity contribution in [3.8, 4) is 0 Å². The first-order valence-corrected chi connectivity index (χ1v) is 6.16. The smallest absolute Gasteiger partial charge is 0.337 e. The van der Waals surface area contributed by atoms with Gasteiger partial charge >= 0.3 is 5.97 Å². The van der Waals surface area contributed by atoms with E-state index in [1.54, 1.807) is 24.3 Å².